The first-order chi connectivity index (χ1) is 16.3. The monoisotopic (exact) mass is 362 g/mol. The Morgan fingerprint density at radius 2 is 1.32 bits per heavy atom. The molecule has 3 rings (SSSR count). The maximum atomic E-state index is 12.6. The summed E-state index contributed by atoms with van der Waals surface area (Å²) in [6, 6.07) is -4.16. The van der Waals surface area contributed by atoms with Crippen LogP contribution in [0.15, 0.2) is 78.6 Å². The van der Waals surface area contributed by atoms with Crippen molar-refractivity contribution < 1.29 is 32.8 Å². The second-order valence-electron chi connectivity index (χ2n) is 4.37. The third-order valence-electron chi connectivity index (χ3n) is 2.72. The van der Waals surface area contributed by atoms with Gasteiger partial charge in [-0.2, -0.15) is 0 Å². The predicted octanol–water partition coefficient (Wildman–Crippen LogP) is 4.78. The predicted molar refractivity (Wildman–Crippen MR) is 94.3 cm³/mol. The number of hydrogen-bond acceptors (Lipinski definition) is 4. The summed E-state index contributed by atoms with van der Waals surface area (Å²) in [5.74, 6) is -3.28. The van der Waals surface area contributed by atoms with Gasteiger partial charge in [0.1, 0.15) is 5.75 Å². The number of rotatable bonds is 4. The van der Waals surface area contributed by atoms with Crippen LogP contribution in [0.2, 0.25) is 5.02 Å². The van der Waals surface area contributed by atoms with Gasteiger partial charge in [0.2, 0.25) is 0 Å². The Morgan fingerprint density at radius 1 is 0.800 bits per heavy atom. The molecule has 3 aromatic carbocycles. The SMILES string of the molecule is [2H]c1c([2H])c([2H])c(C(=O)Oc2ccc(Cl)c(OC(=O)c3c([2H])c([2H])c([2H])c([2H])c3[2H])c2)c([2H])c1[2H]. The molecular formula is C20H13ClO4. The highest BCUT2D eigenvalue weighted by atomic mass is 35.5. The third kappa shape index (κ3) is 4.25. The minimum Gasteiger partial charge on any atom is -0.423 e. The highest BCUT2D eigenvalue weighted by Gasteiger charge is 2.14. The van der Waals surface area contributed by atoms with E-state index in [0.717, 1.165) is 12.1 Å². The van der Waals surface area contributed by atoms with Gasteiger partial charge in [0.25, 0.3) is 0 Å². The van der Waals surface area contributed by atoms with Gasteiger partial charge in [0, 0.05) is 6.07 Å². The van der Waals surface area contributed by atoms with Gasteiger partial charge in [0.05, 0.1) is 29.9 Å². The van der Waals surface area contributed by atoms with E-state index in [1.165, 1.54) is 6.07 Å². The van der Waals surface area contributed by atoms with Crippen molar-refractivity contribution in [1.29, 1.82) is 0 Å². The zero-order valence-corrected chi connectivity index (χ0v) is 13.0. The van der Waals surface area contributed by atoms with Crippen molar-refractivity contribution in [1.82, 2.24) is 0 Å². The minimum atomic E-state index is -1.32. The van der Waals surface area contributed by atoms with E-state index in [4.69, 9.17) is 34.8 Å². The first-order valence-electron chi connectivity index (χ1n) is 11.7. The Bertz CT molecular complexity index is 1350. The summed E-state index contributed by atoms with van der Waals surface area (Å²) in [6.45, 7) is 0. The second kappa shape index (κ2) is 7.64. The van der Waals surface area contributed by atoms with E-state index in [2.05, 4.69) is 0 Å². The lowest BCUT2D eigenvalue weighted by atomic mass is 10.2. The molecule has 124 valence electrons. The van der Waals surface area contributed by atoms with Crippen LogP contribution < -0.4 is 9.47 Å². The molecule has 0 spiro atoms. The molecule has 0 aromatic heterocycles. The molecule has 0 aliphatic heterocycles. The summed E-state index contributed by atoms with van der Waals surface area (Å²) in [5.41, 5.74) is -1.46. The molecule has 0 saturated carbocycles. The summed E-state index contributed by atoms with van der Waals surface area (Å²) in [5, 5.41) is -0.159. The van der Waals surface area contributed by atoms with Gasteiger partial charge >= 0.3 is 11.9 Å². The van der Waals surface area contributed by atoms with Crippen LogP contribution in [0.25, 0.3) is 0 Å². The molecule has 4 nitrogen and oxygen atoms in total. The molecule has 25 heavy (non-hydrogen) atoms. The van der Waals surface area contributed by atoms with Gasteiger partial charge in [-0.1, -0.05) is 47.9 Å². The van der Waals surface area contributed by atoms with Crippen molar-refractivity contribution in [3.63, 3.8) is 0 Å². The van der Waals surface area contributed by atoms with Crippen LogP contribution in [0, 0.1) is 0 Å². The number of benzene rings is 3. The van der Waals surface area contributed by atoms with E-state index in [-0.39, 0.29) is 10.8 Å². The summed E-state index contributed by atoms with van der Waals surface area (Å²) in [7, 11) is 0. The van der Waals surface area contributed by atoms with Crippen LogP contribution >= 0.6 is 11.6 Å². The van der Waals surface area contributed by atoms with Crippen molar-refractivity contribution >= 4 is 23.5 Å². The fourth-order valence-electron chi connectivity index (χ4n) is 1.64. The van der Waals surface area contributed by atoms with E-state index in [1.807, 2.05) is 0 Å². The summed E-state index contributed by atoms with van der Waals surface area (Å²) in [6.07, 6.45) is 0. The molecule has 0 heterocycles. The van der Waals surface area contributed by atoms with Crippen molar-refractivity contribution in [3.8, 4) is 11.5 Å². The van der Waals surface area contributed by atoms with Crippen molar-refractivity contribution in [3.05, 3.63) is 94.8 Å². The number of halogens is 1. The Hall–Kier alpha value is -3.11. The Morgan fingerprint density at radius 3 is 1.88 bits per heavy atom. The first-order valence-corrected chi connectivity index (χ1v) is 7.03. The highest BCUT2D eigenvalue weighted by Crippen LogP contribution is 2.30. The number of esters is 2. The first kappa shape index (κ1) is 8.32. The number of carbonyl (C=O) groups is 2. The van der Waals surface area contributed by atoms with E-state index in [1.54, 1.807) is 0 Å². The fraction of sp³-hybridized carbons (Fsp3) is 0. The van der Waals surface area contributed by atoms with Crippen LogP contribution in [-0.4, -0.2) is 11.9 Å². The molecule has 0 amide bonds. The highest BCUT2D eigenvalue weighted by molar-refractivity contribution is 6.32. The quantitative estimate of drug-likeness (QED) is 0.495. The molecule has 0 fully saturated rings. The van der Waals surface area contributed by atoms with E-state index < -0.39 is 89.2 Å². The van der Waals surface area contributed by atoms with E-state index in [0.29, 0.717) is 0 Å². The summed E-state index contributed by atoms with van der Waals surface area (Å²) in [4.78, 5) is 25.2. The smallest absolute Gasteiger partial charge is 0.343 e. The Kier molecular flexibility index (Phi) is 2.54. The minimum absolute atomic E-state index is 0.159. The van der Waals surface area contributed by atoms with E-state index in [9.17, 15) is 9.59 Å². The largest absolute Gasteiger partial charge is 0.423 e. The molecule has 0 N–H and O–H groups in total. The van der Waals surface area contributed by atoms with Crippen LogP contribution in [0.5, 0.6) is 11.5 Å². The van der Waals surface area contributed by atoms with Gasteiger partial charge in [-0.3, -0.25) is 0 Å². The zero-order chi connectivity index (χ0) is 26.4. The standard InChI is InChI=1S/C20H13ClO4/c21-17-12-11-16(24-19(22)14-7-3-1-4-8-14)13-18(17)25-20(23)15-9-5-2-6-10-15/h1-13H/i1D,2D,3D,4D,5D,6D,7D,8D,9D,10D. The maximum absolute atomic E-state index is 12.6. The topological polar surface area (TPSA) is 52.6 Å². The number of ether oxygens (including phenoxy) is 2. The van der Waals surface area contributed by atoms with Crippen LogP contribution in [0.3, 0.4) is 0 Å². The lowest BCUT2D eigenvalue weighted by Crippen LogP contribution is -2.10. The van der Waals surface area contributed by atoms with E-state index >= 15 is 0 Å². The molecule has 0 radical (unpaired) electrons. The Balaban J connectivity index is 1.95. The second-order valence-corrected chi connectivity index (χ2v) is 4.78. The third-order valence-corrected chi connectivity index (χ3v) is 3.04. The average Bonchev–Trinajstić information content (AvgIpc) is 2.81. The van der Waals surface area contributed by atoms with Crippen LogP contribution in [0.1, 0.15) is 34.4 Å². The van der Waals surface area contributed by atoms with Crippen LogP contribution in [0.4, 0.5) is 0 Å². The molecule has 0 saturated heterocycles. The lowest BCUT2D eigenvalue weighted by Gasteiger charge is -2.09. The van der Waals surface area contributed by atoms with Gasteiger partial charge in [-0.25, -0.2) is 9.59 Å². The number of carbonyl (C=O) groups excluding carboxylic acids is 2. The molecule has 5 heteroatoms. The van der Waals surface area contributed by atoms with Crippen molar-refractivity contribution in [2.45, 2.75) is 0 Å². The number of hydrogen-bond donors (Lipinski definition) is 0. The van der Waals surface area contributed by atoms with Gasteiger partial charge in [0.15, 0.2) is 5.75 Å². The normalized spacial score (nSPS) is 15.7. The molecule has 0 atom stereocenters. The van der Waals surface area contributed by atoms with Crippen molar-refractivity contribution in [2.24, 2.45) is 0 Å². The van der Waals surface area contributed by atoms with Gasteiger partial charge in [-0.15, -0.1) is 0 Å². The molecule has 0 aliphatic carbocycles. The molecule has 0 aliphatic rings. The molecule has 0 bridgehead atoms. The molecule has 0 unspecified atom stereocenters. The van der Waals surface area contributed by atoms with Gasteiger partial charge in [-0.05, 0) is 36.3 Å². The fourth-order valence-corrected chi connectivity index (χ4v) is 1.79. The van der Waals surface area contributed by atoms with Crippen LogP contribution in [-0.2, 0) is 0 Å². The van der Waals surface area contributed by atoms with Gasteiger partial charge < -0.3 is 9.47 Å². The summed E-state index contributed by atoms with van der Waals surface area (Å²) < 4.78 is 87.3. The van der Waals surface area contributed by atoms with Crippen molar-refractivity contribution in [2.75, 3.05) is 0 Å². The average molecular weight is 363 g/mol. The molecular weight excluding hydrogens is 340 g/mol. The lowest BCUT2D eigenvalue weighted by molar-refractivity contribution is 0.0733. The summed E-state index contributed by atoms with van der Waals surface area (Å²) >= 11 is 6.01. The maximum Gasteiger partial charge on any atom is 0.343 e. The zero-order valence-electron chi connectivity index (χ0n) is 22.2. The Labute approximate surface area is 163 Å². The molecule has 3 aromatic rings.